The lowest BCUT2D eigenvalue weighted by molar-refractivity contribution is 0.0160. The van der Waals surface area contributed by atoms with Gasteiger partial charge in [-0.3, -0.25) is 0 Å². The van der Waals surface area contributed by atoms with Crippen molar-refractivity contribution in [2.24, 2.45) is 0 Å². The van der Waals surface area contributed by atoms with E-state index in [0.29, 0.717) is 0 Å². The average Bonchev–Trinajstić information content (AvgIpc) is 1.99. The molecular weight excluding hydrogens is 194 g/mol. The van der Waals surface area contributed by atoms with E-state index in [1.165, 1.54) is 0 Å². The monoisotopic (exact) mass is 202 g/mol. The van der Waals surface area contributed by atoms with Gasteiger partial charge in [-0.25, -0.2) is 18.4 Å². The van der Waals surface area contributed by atoms with Gasteiger partial charge in [-0.2, -0.15) is 0 Å². The molecule has 0 aromatic rings. The molecule has 0 saturated heterocycles. The summed E-state index contributed by atoms with van der Waals surface area (Å²) in [4.78, 5) is 18.5. The summed E-state index contributed by atoms with van der Waals surface area (Å²) in [7, 11) is 1.05. The fraction of sp³-hybridized carbons (Fsp3) is 0.600. The molecule has 0 rings (SSSR count). The molecule has 0 aromatic heterocycles. The Labute approximate surface area is 71.7 Å². The number of hydrogen-bond acceptors (Lipinski definition) is 4. The van der Waals surface area contributed by atoms with Crippen molar-refractivity contribution in [2.45, 2.75) is 6.43 Å². The first-order chi connectivity index (χ1) is 5.90. The zero-order valence-corrected chi connectivity index (χ0v) is 6.57. The molecule has 8 heteroatoms. The highest BCUT2D eigenvalue weighted by Crippen LogP contribution is 1.93. The molecule has 0 amide bonds. The highest BCUT2D eigenvalue weighted by atomic mass is 19.3. The van der Waals surface area contributed by atoms with Crippen molar-refractivity contribution in [1.82, 2.24) is 0 Å². The van der Waals surface area contributed by atoms with Crippen LogP contribution in [0.1, 0.15) is 0 Å². The normalized spacial score (nSPS) is 8.31. The van der Waals surface area contributed by atoms with E-state index in [1.807, 2.05) is 0 Å². The van der Waals surface area contributed by atoms with E-state index in [4.69, 9.17) is 15.0 Å². The minimum atomic E-state index is -2.64. The molecule has 0 aliphatic carbocycles. The zero-order valence-electron chi connectivity index (χ0n) is 6.57. The van der Waals surface area contributed by atoms with Crippen molar-refractivity contribution in [1.29, 1.82) is 0 Å². The van der Waals surface area contributed by atoms with Crippen LogP contribution in [0.25, 0.3) is 0 Å². The maximum atomic E-state index is 11.2. The second-order valence-corrected chi connectivity index (χ2v) is 1.44. The van der Waals surface area contributed by atoms with Gasteiger partial charge in [-0.1, -0.05) is 0 Å². The van der Waals surface area contributed by atoms with Crippen LogP contribution in [0.5, 0.6) is 0 Å². The fourth-order valence-corrected chi connectivity index (χ4v) is 0.190. The Hall–Kier alpha value is -1.60. The molecule has 6 nitrogen and oxygen atoms in total. The molecular formula is C5H8F2O6. The van der Waals surface area contributed by atoms with E-state index in [9.17, 15) is 13.6 Å². The van der Waals surface area contributed by atoms with Gasteiger partial charge >= 0.3 is 12.3 Å². The van der Waals surface area contributed by atoms with E-state index in [0.717, 1.165) is 7.11 Å². The number of halogens is 2. The molecule has 0 aliphatic heterocycles. The highest BCUT2D eigenvalue weighted by Gasteiger charge is 2.06. The highest BCUT2D eigenvalue weighted by molar-refractivity contribution is 5.59. The largest absolute Gasteiger partial charge is 0.508 e. The third-order valence-electron chi connectivity index (χ3n) is 0.494. The van der Waals surface area contributed by atoms with Gasteiger partial charge in [0.15, 0.2) is 6.61 Å². The first-order valence-electron chi connectivity index (χ1n) is 2.81. The lowest BCUT2D eigenvalue weighted by Gasteiger charge is -1.99. The zero-order chi connectivity index (χ0) is 10.9. The predicted molar refractivity (Wildman–Crippen MR) is 35.0 cm³/mol. The van der Waals surface area contributed by atoms with Crippen molar-refractivity contribution >= 4 is 12.3 Å². The maximum Gasteiger partial charge on any atom is 0.508 e. The molecule has 2 N–H and O–H groups in total. The van der Waals surface area contributed by atoms with Gasteiger partial charge in [0.05, 0.1) is 7.11 Å². The molecule has 0 atom stereocenters. The van der Waals surface area contributed by atoms with Crippen molar-refractivity contribution < 1.29 is 38.1 Å². The Balaban J connectivity index is 0. The summed E-state index contributed by atoms with van der Waals surface area (Å²) >= 11 is 0. The minimum Gasteiger partial charge on any atom is -0.450 e. The van der Waals surface area contributed by atoms with Crippen molar-refractivity contribution in [3.05, 3.63) is 0 Å². The number of hydrogen-bond donors (Lipinski definition) is 2. The molecule has 0 aliphatic rings. The van der Waals surface area contributed by atoms with Crippen LogP contribution in [0, 0.1) is 0 Å². The number of carbonyl (C=O) groups is 2. The van der Waals surface area contributed by atoms with Gasteiger partial charge in [0.25, 0.3) is 6.43 Å². The molecule has 13 heavy (non-hydrogen) atoms. The summed E-state index contributed by atoms with van der Waals surface area (Å²) in [6, 6.07) is 0. The molecule has 0 unspecified atom stereocenters. The fourth-order valence-electron chi connectivity index (χ4n) is 0.190. The third-order valence-corrected chi connectivity index (χ3v) is 0.494. The van der Waals surface area contributed by atoms with Crippen molar-refractivity contribution in [2.75, 3.05) is 13.7 Å². The first kappa shape index (κ1) is 14.0. The Bertz CT molecular complexity index is 155. The third kappa shape index (κ3) is 25.2. The first-order valence-corrected chi connectivity index (χ1v) is 2.81. The van der Waals surface area contributed by atoms with E-state index in [-0.39, 0.29) is 0 Å². The van der Waals surface area contributed by atoms with E-state index in [1.54, 1.807) is 0 Å². The number of ether oxygens (including phenoxy) is 2. The van der Waals surface area contributed by atoms with E-state index >= 15 is 0 Å². The summed E-state index contributed by atoms with van der Waals surface area (Å²) in [5, 5.41) is 13.9. The van der Waals surface area contributed by atoms with Crippen LogP contribution in [0.3, 0.4) is 0 Å². The average molecular weight is 202 g/mol. The smallest absolute Gasteiger partial charge is 0.450 e. The number of methoxy groups -OCH3 is 1. The molecule has 0 radical (unpaired) electrons. The Morgan fingerprint density at radius 3 is 2.00 bits per heavy atom. The SMILES string of the molecule is COC(=O)OCC(F)F.O=C(O)O. The van der Waals surface area contributed by atoms with Crippen LogP contribution < -0.4 is 0 Å². The Morgan fingerprint density at radius 1 is 1.38 bits per heavy atom. The Kier molecular flexibility index (Phi) is 9.12. The molecule has 0 spiro atoms. The Morgan fingerprint density at radius 2 is 1.77 bits per heavy atom. The lowest BCUT2D eigenvalue weighted by atomic mass is 10.8. The van der Waals surface area contributed by atoms with Crippen molar-refractivity contribution in [3.8, 4) is 0 Å². The topological polar surface area (TPSA) is 93.1 Å². The maximum absolute atomic E-state index is 11.2. The molecule has 0 fully saturated rings. The van der Waals surface area contributed by atoms with Crippen LogP contribution in [0.15, 0.2) is 0 Å². The van der Waals surface area contributed by atoms with Gasteiger partial charge in [-0.15, -0.1) is 0 Å². The van der Waals surface area contributed by atoms with Gasteiger partial charge in [0.2, 0.25) is 0 Å². The number of carbonyl (C=O) groups excluding carboxylic acids is 1. The van der Waals surface area contributed by atoms with Gasteiger partial charge in [0.1, 0.15) is 0 Å². The number of carboxylic acid groups (broad SMARTS) is 2. The minimum absolute atomic E-state index is 0.910. The quantitative estimate of drug-likeness (QED) is 0.654. The summed E-state index contributed by atoms with van der Waals surface area (Å²) in [5.74, 6) is 0. The summed E-state index contributed by atoms with van der Waals surface area (Å²) < 4.78 is 30.1. The van der Waals surface area contributed by atoms with E-state index < -0.39 is 25.3 Å². The molecule has 78 valence electrons. The molecule has 0 heterocycles. The van der Waals surface area contributed by atoms with Crippen LogP contribution in [0.2, 0.25) is 0 Å². The number of alkyl halides is 2. The van der Waals surface area contributed by atoms with Gasteiger partial charge in [0, 0.05) is 0 Å². The second kappa shape index (κ2) is 8.50. The summed E-state index contributed by atoms with van der Waals surface area (Å²) in [5.41, 5.74) is 0. The second-order valence-electron chi connectivity index (χ2n) is 1.44. The predicted octanol–water partition coefficient (Wildman–Crippen LogP) is 1.26. The molecule has 0 saturated carbocycles. The number of rotatable bonds is 2. The van der Waals surface area contributed by atoms with Gasteiger partial charge in [-0.05, 0) is 0 Å². The van der Waals surface area contributed by atoms with Crippen LogP contribution in [0.4, 0.5) is 18.4 Å². The van der Waals surface area contributed by atoms with Crippen LogP contribution >= 0.6 is 0 Å². The molecule has 0 aromatic carbocycles. The van der Waals surface area contributed by atoms with Crippen LogP contribution in [-0.4, -0.2) is 42.7 Å². The summed E-state index contributed by atoms with van der Waals surface area (Å²) in [6.07, 6.45) is -5.56. The molecule has 0 bridgehead atoms. The standard InChI is InChI=1S/C4H6F2O3.CH2O3/c1-8-4(7)9-2-3(5)6;2-1(3)4/h3H,2H2,1H3;(H2,2,3,4). The van der Waals surface area contributed by atoms with E-state index in [2.05, 4.69) is 9.47 Å². The van der Waals surface area contributed by atoms with Crippen molar-refractivity contribution in [3.63, 3.8) is 0 Å². The van der Waals surface area contributed by atoms with Crippen LogP contribution in [-0.2, 0) is 9.47 Å². The lowest BCUT2D eigenvalue weighted by Crippen LogP contribution is -2.10. The summed E-state index contributed by atoms with van der Waals surface area (Å²) in [6.45, 7) is -0.910. The van der Waals surface area contributed by atoms with Gasteiger partial charge < -0.3 is 19.7 Å².